The largest absolute Gasteiger partial charge is 1.00 e. The highest BCUT2D eigenvalue weighted by Gasteiger charge is 2.18. The van der Waals surface area contributed by atoms with Gasteiger partial charge in [-0.2, -0.15) is 0 Å². The molecule has 1 aromatic rings. The number of benzene rings is 1. The smallest absolute Gasteiger partial charge is 0.319 e. The van der Waals surface area contributed by atoms with E-state index in [1.165, 1.54) is 76.2 Å². The molecule has 0 bridgehead atoms. The van der Waals surface area contributed by atoms with Crippen LogP contribution in [0.15, 0.2) is 30.3 Å². The summed E-state index contributed by atoms with van der Waals surface area (Å²) in [6, 6.07) is 10.4. The quantitative estimate of drug-likeness (QED) is 0.280. The van der Waals surface area contributed by atoms with Gasteiger partial charge in [-0.25, -0.2) is 0 Å². The van der Waals surface area contributed by atoms with Crippen LogP contribution >= 0.6 is 0 Å². The topological polar surface area (TPSA) is 23.8 Å². The third-order valence-electron chi connectivity index (χ3n) is 4.31. The summed E-state index contributed by atoms with van der Waals surface area (Å²) in [5.74, 6) is 2.03. The van der Waals surface area contributed by atoms with E-state index in [-0.39, 0.29) is 23.3 Å². The Bertz CT molecular complexity index is 416. The first-order valence-corrected chi connectivity index (χ1v) is 11.0. The molecule has 0 amide bonds. The average molecular weight is 368 g/mol. The molecule has 0 aliphatic carbocycles. The fourth-order valence-corrected chi connectivity index (χ4v) is 4.31. The second-order valence-electron chi connectivity index (χ2n) is 6.45. The molecule has 1 rings (SSSR count). The van der Waals surface area contributed by atoms with Crippen LogP contribution in [-0.2, 0) is 16.6 Å². The van der Waals surface area contributed by atoms with Gasteiger partial charge in [0.1, 0.15) is 22.4 Å². The molecule has 3 heteroatoms. The highest BCUT2D eigenvalue weighted by Crippen LogP contribution is 2.14. The Kier molecular flexibility index (Phi) is 16.7. The fraction of sp³-hybridized carbons (Fsp3) is 0.667. The van der Waals surface area contributed by atoms with E-state index in [0.717, 1.165) is 11.5 Å². The summed E-state index contributed by atoms with van der Waals surface area (Å²) in [5.41, 5.74) is 1.31. The SMILES string of the molecule is CCCCCCCCCCCCC[S+](C#N)Cc1ccccc1.[Cl-]. The zero-order valence-electron chi connectivity index (χ0n) is 15.3. The van der Waals surface area contributed by atoms with Crippen molar-refractivity contribution >= 4 is 10.9 Å². The molecule has 24 heavy (non-hydrogen) atoms. The summed E-state index contributed by atoms with van der Waals surface area (Å²) in [7, 11) is -0.0905. The Balaban J connectivity index is 0.00000529. The first-order chi connectivity index (χ1) is 11.4. The van der Waals surface area contributed by atoms with Gasteiger partial charge in [0.2, 0.25) is 0 Å². The number of hydrogen-bond donors (Lipinski definition) is 0. The number of hydrogen-bond acceptors (Lipinski definition) is 1. The monoisotopic (exact) mass is 367 g/mol. The van der Waals surface area contributed by atoms with Crippen molar-refractivity contribution in [3.05, 3.63) is 35.9 Å². The number of nitriles is 1. The molecular weight excluding hydrogens is 334 g/mol. The highest BCUT2D eigenvalue weighted by atomic mass is 35.5. The van der Waals surface area contributed by atoms with Gasteiger partial charge in [0.15, 0.2) is 0 Å². The number of halogens is 1. The van der Waals surface area contributed by atoms with Crippen LogP contribution in [0.2, 0.25) is 0 Å². The summed E-state index contributed by atoms with van der Waals surface area (Å²) in [6.07, 6.45) is 15.1. The summed E-state index contributed by atoms with van der Waals surface area (Å²) < 4.78 is 0. The Morgan fingerprint density at radius 3 is 1.79 bits per heavy atom. The van der Waals surface area contributed by atoms with Crippen molar-refractivity contribution in [2.75, 3.05) is 5.75 Å². The Labute approximate surface area is 159 Å². The summed E-state index contributed by atoms with van der Waals surface area (Å²) in [5, 5.41) is 11.8. The molecule has 1 nitrogen and oxygen atoms in total. The van der Waals surface area contributed by atoms with E-state index in [4.69, 9.17) is 0 Å². The van der Waals surface area contributed by atoms with E-state index >= 15 is 0 Å². The second kappa shape index (κ2) is 17.2. The first kappa shape index (κ1) is 23.4. The average Bonchev–Trinajstić information content (AvgIpc) is 2.59. The molecule has 1 unspecified atom stereocenters. The molecule has 136 valence electrons. The number of nitrogens with zero attached hydrogens (tertiary/aromatic N) is 1. The van der Waals surface area contributed by atoms with E-state index in [2.05, 4.69) is 36.6 Å². The lowest BCUT2D eigenvalue weighted by Crippen LogP contribution is -3.00. The third-order valence-corrected chi connectivity index (χ3v) is 6.03. The predicted octanol–water partition coefficient (Wildman–Crippen LogP) is 3.60. The molecule has 0 aromatic heterocycles. The Hall–Kier alpha value is -0.650. The zero-order chi connectivity index (χ0) is 16.6. The van der Waals surface area contributed by atoms with Crippen molar-refractivity contribution in [2.45, 2.75) is 83.3 Å². The van der Waals surface area contributed by atoms with E-state index in [1.54, 1.807) is 0 Å². The van der Waals surface area contributed by atoms with E-state index in [1.807, 2.05) is 6.07 Å². The molecular formula is C21H34ClNS. The summed E-state index contributed by atoms with van der Waals surface area (Å²) in [6.45, 7) is 2.28. The molecule has 0 heterocycles. The lowest BCUT2D eigenvalue weighted by Gasteiger charge is -2.03. The van der Waals surface area contributed by atoms with Crippen LogP contribution in [0.25, 0.3) is 0 Å². The maximum atomic E-state index is 9.31. The summed E-state index contributed by atoms with van der Waals surface area (Å²) >= 11 is 0. The van der Waals surface area contributed by atoms with Gasteiger partial charge in [0, 0.05) is 5.56 Å². The van der Waals surface area contributed by atoms with Crippen molar-refractivity contribution in [3.63, 3.8) is 0 Å². The normalized spacial score (nSPS) is 11.5. The molecule has 0 aliphatic rings. The number of unbranched alkanes of at least 4 members (excludes halogenated alkanes) is 10. The van der Waals surface area contributed by atoms with Crippen LogP contribution in [0.4, 0.5) is 0 Å². The molecule has 0 saturated heterocycles. The van der Waals surface area contributed by atoms with Crippen LogP contribution in [0, 0.1) is 10.7 Å². The zero-order valence-corrected chi connectivity index (χ0v) is 16.9. The van der Waals surface area contributed by atoms with Crippen molar-refractivity contribution in [1.29, 1.82) is 5.26 Å². The van der Waals surface area contributed by atoms with E-state index in [0.29, 0.717) is 0 Å². The van der Waals surface area contributed by atoms with Gasteiger partial charge in [-0.05, 0) is 12.8 Å². The van der Waals surface area contributed by atoms with Crippen molar-refractivity contribution in [3.8, 4) is 5.40 Å². The van der Waals surface area contributed by atoms with E-state index in [9.17, 15) is 5.26 Å². The van der Waals surface area contributed by atoms with Crippen molar-refractivity contribution < 1.29 is 12.4 Å². The van der Waals surface area contributed by atoms with Gasteiger partial charge < -0.3 is 12.4 Å². The third kappa shape index (κ3) is 12.7. The van der Waals surface area contributed by atoms with E-state index < -0.39 is 0 Å². The molecule has 1 atom stereocenters. The lowest BCUT2D eigenvalue weighted by atomic mass is 10.1. The summed E-state index contributed by atoms with van der Waals surface area (Å²) in [4.78, 5) is 0. The minimum Gasteiger partial charge on any atom is -1.00 e. The van der Waals surface area contributed by atoms with Crippen LogP contribution in [0.3, 0.4) is 0 Å². The molecule has 0 fully saturated rings. The molecule has 0 aliphatic heterocycles. The van der Waals surface area contributed by atoms with Crippen LogP contribution < -0.4 is 12.4 Å². The highest BCUT2D eigenvalue weighted by molar-refractivity contribution is 8.00. The minimum absolute atomic E-state index is 0. The van der Waals surface area contributed by atoms with Crippen molar-refractivity contribution in [1.82, 2.24) is 0 Å². The van der Waals surface area contributed by atoms with Crippen LogP contribution in [0.5, 0.6) is 0 Å². The molecule has 0 saturated carbocycles. The van der Waals surface area contributed by atoms with Crippen LogP contribution in [0.1, 0.15) is 83.1 Å². The Morgan fingerprint density at radius 1 is 0.792 bits per heavy atom. The maximum Gasteiger partial charge on any atom is 0.319 e. The molecule has 0 N–H and O–H groups in total. The molecule has 0 radical (unpaired) electrons. The Morgan fingerprint density at radius 2 is 1.29 bits per heavy atom. The van der Waals surface area contributed by atoms with Gasteiger partial charge in [-0.15, -0.1) is 5.26 Å². The minimum atomic E-state index is -0.0905. The predicted molar refractivity (Wildman–Crippen MR) is 104 cm³/mol. The standard InChI is InChI=1S/C21H34NS.ClH/c1-2-3-4-5-6-7-8-9-10-11-15-18-23(20-22)19-21-16-13-12-14-17-21;/h12-14,16-17H,2-11,15,18-19H2,1H3;1H/q+1;/p-1. The second-order valence-corrected chi connectivity index (χ2v) is 8.32. The van der Waals surface area contributed by atoms with Gasteiger partial charge in [-0.1, -0.05) is 95.0 Å². The van der Waals surface area contributed by atoms with Crippen LogP contribution in [-0.4, -0.2) is 5.75 Å². The molecule has 0 spiro atoms. The molecule has 1 aromatic carbocycles. The van der Waals surface area contributed by atoms with Gasteiger partial charge in [0.25, 0.3) is 0 Å². The first-order valence-electron chi connectivity index (χ1n) is 9.48. The maximum absolute atomic E-state index is 9.31. The number of rotatable bonds is 14. The van der Waals surface area contributed by atoms with Gasteiger partial charge >= 0.3 is 5.40 Å². The number of thiocyanates is 1. The van der Waals surface area contributed by atoms with Gasteiger partial charge in [0.05, 0.1) is 0 Å². The fourth-order valence-electron chi connectivity index (χ4n) is 2.87. The lowest BCUT2D eigenvalue weighted by molar-refractivity contribution is -0.00000519. The van der Waals surface area contributed by atoms with Crippen molar-refractivity contribution in [2.24, 2.45) is 0 Å². The van der Waals surface area contributed by atoms with Gasteiger partial charge in [-0.3, -0.25) is 0 Å².